The number of rotatable bonds is 3. The molecule has 0 unspecified atom stereocenters. The number of aromatic hydroxyl groups is 2. The Morgan fingerprint density at radius 1 is 0.833 bits per heavy atom. The molecule has 0 spiro atoms. The predicted molar refractivity (Wildman–Crippen MR) is 95.4 cm³/mol. The Balaban J connectivity index is 0.000000351. The van der Waals surface area contributed by atoms with Crippen LogP contribution in [0.15, 0.2) is 60.2 Å². The van der Waals surface area contributed by atoms with E-state index in [9.17, 15) is 15.0 Å². The molecule has 2 aromatic carbocycles. The molecule has 2 aromatic rings. The van der Waals surface area contributed by atoms with E-state index in [0.717, 1.165) is 16.7 Å². The van der Waals surface area contributed by atoms with Crippen molar-refractivity contribution >= 4 is 5.97 Å². The summed E-state index contributed by atoms with van der Waals surface area (Å²) in [5.74, 6) is -0.328. The molecular weight excluding hydrogens is 304 g/mol. The van der Waals surface area contributed by atoms with Crippen molar-refractivity contribution in [1.82, 2.24) is 0 Å². The molecule has 0 saturated heterocycles. The van der Waals surface area contributed by atoms with E-state index in [2.05, 4.69) is 13.8 Å². The highest BCUT2D eigenvalue weighted by molar-refractivity contribution is 5.80. The lowest BCUT2D eigenvalue weighted by atomic mass is 9.78. The number of phenolic OH excluding ortho intramolecular Hbond substituents is 2. The number of allylic oxidation sites excluding steroid dienone is 1. The Hall–Kier alpha value is -2.75. The summed E-state index contributed by atoms with van der Waals surface area (Å²) in [5.41, 5.74) is 2.91. The molecule has 0 amide bonds. The third-order valence-corrected chi connectivity index (χ3v) is 3.59. The van der Waals surface area contributed by atoms with Crippen molar-refractivity contribution in [1.29, 1.82) is 0 Å². The van der Waals surface area contributed by atoms with Gasteiger partial charge in [0.1, 0.15) is 11.5 Å². The van der Waals surface area contributed by atoms with E-state index >= 15 is 0 Å². The number of aliphatic carboxylic acids is 1. The average molecular weight is 328 g/mol. The highest BCUT2D eigenvalue weighted by Gasteiger charge is 2.22. The first-order chi connectivity index (χ1) is 11.1. The number of benzene rings is 2. The Labute approximate surface area is 142 Å². The fourth-order valence-corrected chi connectivity index (χ4v) is 2.17. The first-order valence-corrected chi connectivity index (χ1v) is 7.60. The standard InChI is InChI=1S/C15H16O2.C5H8O2/c1-15(2,11-3-7-13(16)8-4-11)12-5-9-14(17)10-6-12;1-4(2)3-5(6)7/h3-10,16-17H,1-2H3;3H,1-2H3,(H,6,7). The van der Waals surface area contributed by atoms with Gasteiger partial charge in [0.2, 0.25) is 0 Å². The van der Waals surface area contributed by atoms with Gasteiger partial charge in [-0.2, -0.15) is 0 Å². The fourth-order valence-electron chi connectivity index (χ4n) is 2.17. The Morgan fingerprint density at radius 2 is 1.17 bits per heavy atom. The van der Waals surface area contributed by atoms with Crippen molar-refractivity contribution in [3.63, 3.8) is 0 Å². The van der Waals surface area contributed by atoms with Gasteiger partial charge in [0.15, 0.2) is 0 Å². The van der Waals surface area contributed by atoms with Gasteiger partial charge in [0, 0.05) is 11.5 Å². The van der Waals surface area contributed by atoms with Crippen LogP contribution in [0.25, 0.3) is 0 Å². The molecule has 0 atom stereocenters. The van der Waals surface area contributed by atoms with Crippen molar-refractivity contribution in [3.8, 4) is 11.5 Å². The van der Waals surface area contributed by atoms with E-state index in [1.807, 2.05) is 24.3 Å². The van der Waals surface area contributed by atoms with Crippen LogP contribution in [-0.2, 0) is 10.2 Å². The molecule has 0 aliphatic rings. The van der Waals surface area contributed by atoms with Crippen LogP contribution in [0.3, 0.4) is 0 Å². The lowest BCUT2D eigenvalue weighted by Crippen LogP contribution is -2.18. The molecule has 0 bridgehead atoms. The minimum atomic E-state index is -0.875. The summed E-state index contributed by atoms with van der Waals surface area (Å²) in [6.45, 7) is 7.72. The first kappa shape index (κ1) is 19.3. The van der Waals surface area contributed by atoms with Crippen molar-refractivity contribution in [2.45, 2.75) is 33.1 Å². The second-order valence-electron chi connectivity index (χ2n) is 6.28. The zero-order valence-electron chi connectivity index (χ0n) is 14.4. The third-order valence-electron chi connectivity index (χ3n) is 3.59. The fraction of sp³-hybridized carbons (Fsp3) is 0.250. The van der Waals surface area contributed by atoms with E-state index in [4.69, 9.17) is 5.11 Å². The van der Waals surface area contributed by atoms with E-state index in [0.29, 0.717) is 0 Å². The molecule has 0 aliphatic heterocycles. The minimum absolute atomic E-state index is 0.151. The molecular formula is C20H24O4. The average Bonchev–Trinajstić information content (AvgIpc) is 2.47. The minimum Gasteiger partial charge on any atom is -0.508 e. The summed E-state index contributed by atoms with van der Waals surface area (Å²) in [6.07, 6.45) is 1.17. The number of carbonyl (C=O) groups is 1. The molecule has 4 heteroatoms. The third kappa shape index (κ3) is 5.80. The molecule has 0 fully saturated rings. The second kappa shape index (κ2) is 8.20. The van der Waals surface area contributed by atoms with Gasteiger partial charge in [-0.25, -0.2) is 4.79 Å². The van der Waals surface area contributed by atoms with Crippen LogP contribution in [0.5, 0.6) is 11.5 Å². The maximum atomic E-state index is 9.73. The highest BCUT2D eigenvalue weighted by atomic mass is 16.4. The number of carboxylic acid groups (broad SMARTS) is 1. The smallest absolute Gasteiger partial charge is 0.328 e. The monoisotopic (exact) mass is 328 g/mol. The van der Waals surface area contributed by atoms with Crippen molar-refractivity contribution in [2.75, 3.05) is 0 Å². The van der Waals surface area contributed by atoms with E-state index in [-0.39, 0.29) is 16.9 Å². The lowest BCUT2D eigenvalue weighted by Gasteiger charge is -2.26. The van der Waals surface area contributed by atoms with Gasteiger partial charge in [-0.05, 0) is 49.2 Å². The zero-order chi connectivity index (χ0) is 18.3. The van der Waals surface area contributed by atoms with Crippen molar-refractivity contribution in [2.24, 2.45) is 0 Å². The van der Waals surface area contributed by atoms with Gasteiger partial charge in [-0.15, -0.1) is 0 Å². The van der Waals surface area contributed by atoms with Crippen LogP contribution in [0, 0.1) is 0 Å². The maximum absolute atomic E-state index is 9.73. The molecule has 24 heavy (non-hydrogen) atoms. The van der Waals surface area contributed by atoms with Crippen LogP contribution < -0.4 is 0 Å². The predicted octanol–water partition coefficient (Wildman–Crippen LogP) is 4.46. The van der Waals surface area contributed by atoms with Gasteiger partial charge in [0.05, 0.1) is 0 Å². The topological polar surface area (TPSA) is 77.8 Å². The Kier molecular flexibility index (Phi) is 6.59. The largest absolute Gasteiger partial charge is 0.508 e. The van der Waals surface area contributed by atoms with E-state index < -0.39 is 5.97 Å². The van der Waals surface area contributed by atoms with Crippen LogP contribution in [0.1, 0.15) is 38.8 Å². The Bertz CT molecular complexity index is 644. The van der Waals surface area contributed by atoms with Gasteiger partial charge in [-0.1, -0.05) is 43.7 Å². The molecule has 4 nitrogen and oxygen atoms in total. The summed E-state index contributed by atoms with van der Waals surface area (Å²) >= 11 is 0. The zero-order valence-corrected chi connectivity index (χ0v) is 14.4. The number of hydrogen-bond acceptors (Lipinski definition) is 3. The van der Waals surface area contributed by atoms with Crippen molar-refractivity contribution in [3.05, 3.63) is 71.3 Å². The second-order valence-corrected chi connectivity index (χ2v) is 6.28. The highest BCUT2D eigenvalue weighted by Crippen LogP contribution is 2.32. The van der Waals surface area contributed by atoms with Crippen LogP contribution in [0.2, 0.25) is 0 Å². The summed E-state index contributed by atoms with van der Waals surface area (Å²) in [5, 5.41) is 26.6. The first-order valence-electron chi connectivity index (χ1n) is 7.60. The van der Waals surface area contributed by atoms with Crippen LogP contribution >= 0.6 is 0 Å². The molecule has 128 valence electrons. The number of carboxylic acids is 1. The molecule has 0 saturated carbocycles. The molecule has 0 radical (unpaired) electrons. The quantitative estimate of drug-likeness (QED) is 0.727. The van der Waals surface area contributed by atoms with E-state index in [1.165, 1.54) is 6.08 Å². The van der Waals surface area contributed by atoms with Gasteiger partial charge >= 0.3 is 5.97 Å². The van der Waals surface area contributed by atoms with Gasteiger partial charge < -0.3 is 15.3 Å². The number of phenols is 2. The lowest BCUT2D eigenvalue weighted by molar-refractivity contribution is -0.131. The van der Waals surface area contributed by atoms with Crippen LogP contribution in [0.4, 0.5) is 0 Å². The Morgan fingerprint density at radius 3 is 1.38 bits per heavy atom. The molecule has 0 aromatic heterocycles. The molecule has 2 rings (SSSR count). The summed E-state index contributed by atoms with van der Waals surface area (Å²) in [7, 11) is 0. The summed E-state index contributed by atoms with van der Waals surface area (Å²) < 4.78 is 0. The normalized spacial score (nSPS) is 10.3. The molecule has 0 aliphatic carbocycles. The SMILES string of the molecule is CC(C)(c1ccc(O)cc1)c1ccc(O)cc1.CC(C)=CC(=O)O. The van der Waals surface area contributed by atoms with Gasteiger partial charge in [-0.3, -0.25) is 0 Å². The van der Waals surface area contributed by atoms with E-state index in [1.54, 1.807) is 38.1 Å². The van der Waals surface area contributed by atoms with Crippen LogP contribution in [-0.4, -0.2) is 21.3 Å². The molecule has 3 N–H and O–H groups in total. The molecule has 0 heterocycles. The summed E-state index contributed by atoms with van der Waals surface area (Å²) in [6, 6.07) is 14.4. The maximum Gasteiger partial charge on any atom is 0.328 e. The van der Waals surface area contributed by atoms with Crippen molar-refractivity contribution < 1.29 is 20.1 Å². The summed E-state index contributed by atoms with van der Waals surface area (Å²) in [4.78, 5) is 9.73. The number of hydrogen-bond donors (Lipinski definition) is 3. The van der Waals surface area contributed by atoms with Gasteiger partial charge in [0.25, 0.3) is 0 Å².